The number of rotatable bonds is 3. The molecule has 0 radical (unpaired) electrons. The molecule has 7 heteroatoms. The lowest BCUT2D eigenvalue weighted by Gasteiger charge is -2.37. The van der Waals surface area contributed by atoms with Crippen molar-refractivity contribution in [2.45, 2.75) is 65.3 Å². The molecule has 0 amide bonds. The summed E-state index contributed by atoms with van der Waals surface area (Å²) in [6.07, 6.45) is 1.87. The van der Waals surface area contributed by atoms with E-state index in [-0.39, 0.29) is 23.9 Å². The largest absolute Gasteiger partial charge is 0.496 e. The molecule has 1 aromatic heterocycles. The fourth-order valence-corrected chi connectivity index (χ4v) is 3.10. The number of hydrogen-bond donors (Lipinski definition) is 0. The van der Waals surface area contributed by atoms with Gasteiger partial charge in [-0.3, -0.25) is 4.84 Å². The molecule has 144 valence electrons. The van der Waals surface area contributed by atoms with Crippen LogP contribution in [0.25, 0.3) is 0 Å². The van der Waals surface area contributed by atoms with Gasteiger partial charge in [-0.25, -0.2) is 4.98 Å². The number of nitrogens with zero attached hydrogens (tertiary/aromatic N) is 3. The molecule has 0 atom stereocenters. The Kier molecular flexibility index (Phi) is 5.12. The SMILES string of the molecule is CC(C)(C)ON1CCN(c2ccc(B3OC(C)(C)C(C)(C)O3)cn2)CC1. The van der Waals surface area contributed by atoms with E-state index in [1.807, 2.05) is 6.20 Å². The van der Waals surface area contributed by atoms with Crippen molar-refractivity contribution in [3.63, 3.8) is 0 Å². The lowest BCUT2D eigenvalue weighted by Crippen LogP contribution is -2.49. The number of hydroxylamine groups is 2. The third-order valence-electron chi connectivity index (χ3n) is 5.26. The molecule has 1 aromatic rings. The molecular formula is C19H32BN3O3. The van der Waals surface area contributed by atoms with Gasteiger partial charge in [-0.15, -0.1) is 0 Å². The quantitative estimate of drug-likeness (QED) is 0.770. The van der Waals surface area contributed by atoms with Crippen LogP contribution < -0.4 is 10.4 Å². The maximum Gasteiger partial charge on any atom is 0.496 e. The fraction of sp³-hybridized carbons (Fsp3) is 0.737. The monoisotopic (exact) mass is 361 g/mol. The van der Waals surface area contributed by atoms with Gasteiger partial charge in [0.2, 0.25) is 0 Å². The highest BCUT2D eigenvalue weighted by atomic mass is 16.7. The average Bonchev–Trinajstić information content (AvgIpc) is 2.75. The van der Waals surface area contributed by atoms with Gasteiger partial charge >= 0.3 is 7.12 Å². The number of hydrogen-bond acceptors (Lipinski definition) is 6. The molecule has 6 nitrogen and oxygen atoms in total. The Bertz CT molecular complexity index is 604. The minimum Gasteiger partial charge on any atom is -0.399 e. The van der Waals surface area contributed by atoms with Gasteiger partial charge < -0.3 is 14.2 Å². The smallest absolute Gasteiger partial charge is 0.399 e. The molecular weight excluding hydrogens is 329 g/mol. The van der Waals surface area contributed by atoms with Crippen LogP contribution >= 0.6 is 0 Å². The van der Waals surface area contributed by atoms with Crippen molar-refractivity contribution < 1.29 is 14.1 Å². The van der Waals surface area contributed by atoms with E-state index in [1.165, 1.54) is 0 Å². The lowest BCUT2D eigenvalue weighted by atomic mass is 9.80. The Morgan fingerprint density at radius 2 is 1.58 bits per heavy atom. The van der Waals surface area contributed by atoms with Crippen molar-refractivity contribution in [3.05, 3.63) is 18.3 Å². The Morgan fingerprint density at radius 3 is 2.04 bits per heavy atom. The molecule has 2 fully saturated rings. The second-order valence-corrected chi connectivity index (χ2v) is 9.16. The van der Waals surface area contributed by atoms with Crippen molar-refractivity contribution in [3.8, 4) is 0 Å². The number of pyridine rings is 1. The Morgan fingerprint density at radius 1 is 1.00 bits per heavy atom. The van der Waals surface area contributed by atoms with Gasteiger partial charge in [0.05, 0.1) is 16.8 Å². The molecule has 0 unspecified atom stereocenters. The first-order valence-electron chi connectivity index (χ1n) is 9.47. The van der Waals surface area contributed by atoms with Crippen molar-refractivity contribution in [1.29, 1.82) is 0 Å². The van der Waals surface area contributed by atoms with Crippen LogP contribution in [0.1, 0.15) is 48.5 Å². The molecule has 2 saturated heterocycles. The summed E-state index contributed by atoms with van der Waals surface area (Å²) in [4.78, 5) is 12.9. The Labute approximate surface area is 157 Å². The van der Waals surface area contributed by atoms with Crippen LogP contribution in [0.15, 0.2) is 18.3 Å². The predicted molar refractivity (Wildman–Crippen MR) is 105 cm³/mol. The summed E-state index contributed by atoms with van der Waals surface area (Å²) in [5.41, 5.74) is 0.145. The van der Waals surface area contributed by atoms with E-state index >= 15 is 0 Å². The summed E-state index contributed by atoms with van der Waals surface area (Å²) in [6.45, 7) is 18.0. The Hall–Kier alpha value is -1.15. The second-order valence-electron chi connectivity index (χ2n) is 9.16. The van der Waals surface area contributed by atoms with E-state index in [4.69, 9.17) is 14.1 Å². The molecule has 0 bridgehead atoms. The Balaban J connectivity index is 1.59. The molecule has 0 aromatic carbocycles. The van der Waals surface area contributed by atoms with Crippen LogP contribution in [0.4, 0.5) is 5.82 Å². The van der Waals surface area contributed by atoms with Gasteiger partial charge in [0.15, 0.2) is 0 Å². The van der Waals surface area contributed by atoms with Crippen LogP contribution in [0.2, 0.25) is 0 Å². The summed E-state index contributed by atoms with van der Waals surface area (Å²) in [6, 6.07) is 4.11. The summed E-state index contributed by atoms with van der Waals surface area (Å²) in [7, 11) is -0.362. The molecule has 0 N–H and O–H groups in total. The summed E-state index contributed by atoms with van der Waals surface area (Å²) >= 11 is 0. The van der Waals surface area contributed by atoms with Crippen molar-refractivity contribution in [1.82, 2.24) is 10.0 Å². The van der Waals surface area contributed by atoms with Gasteiger partial charge in [-0.05, 0) is 54.5 Å². The first kappa shape index (κ1) is 19.6. The predicted octanol–water partition coefficient (Wildman–Crippen LogP) is 2.23. The van der Waals surface area contributed by atoms with Crippen LogP contribution in [0.3, 0.4) is 0 Å². The topological polar surface area (TPSA) is 47.1 Å². The minimum atomic E-state index is -0.362. The van der Waals surface area contributed by atoms with Gasteiger partial charge in [-0.2, -0.15) is 5.06 Å². The zero-order valence-electron chi connectivity index (χ0n) is 17.2. The van der Waals surface area contributed by atoms with Crippen molar-refractivity contribution in [2.75, 3.05) is 31.1 Å². The highest BCUT2D eigenvalue weighted by Gasteiger charge is 2.51. The van der Waals surface area contributed by atoms with Gasteiger partial charge in [0, 0.05) is 37.8 Å². The van der Waals surface area contributed by atoms with Crippen LogP contribution in [-0.4, -0.2) is 60.1 Å². The van der Waals surface area contributed by atoms with Crippen molar-refractivity contribution in [2.24, 2.45) is 0 Å². The average molecular weight is 361 g/mol. The fourth-order valence-electron chi connectivity index (χ4n) is 3.10. The van der Waals surface area contributed by atoms with E-state index in [2.05, 4.69) is 75.5 Å². The molecule has 0 saturated carbocycles. The summed E-state index contributed by atoms with van der Waals surface area (Å²) in [5, 5.41) is 2.05. The lowest BCUT2D eigenvalue weighted by molar-refractivity contribution is -0.230. The van der Waals surface area contributed by atoms with E-state index in [1.54, 1.807) is 0 Å². The van der Waals surface area contributed by atoms with Crippen LogP contribution in [0, 0.1) is 0 Å². The maximum absolute atomic E-state index is 6.10. The molecule has 26 heavy (non-hydrogen) atoms. The second kappa shape index (κ2) is 6.78. The van der Waals surface area contributed by atoms with Crippen molar-refractivity contribution >= 4 is 18.4 Å². The molecule has 3 heterocycles. The van der Waals surface area contributed by atoms with E-state index in [0.29, 0.717) is 0 Å². The van der Waals surface area contributed by atoms with E-state index in [0.717, 1.165) is 37.5 Å². The zero-order chi connectivity index (χ0) is 19.2. The van der Waals surface area contributed by atoms with Crippen LogP contribution in [-0.2, 0) is 14.1 Å². The number of piperazine rings is 1. The van der Waals surface area contributed by atoms with Gasteiger partial charge in [0.25, 0.3) is 0 Å². The molecule has 0 aliphatic carbocycles. The zero-order valence-corrected chi connectivity index (χ0v) is 17.2. The van der Waals surface area contributed by atoms with Crippen LogP contribution in [0.5, 0.6) is 0 Å². The maximum atomic E-state index is 6.10. The normalized spacial score (nSPS) is 23.5. The highest BCUT2D eigenvalue weighted by Crippen LogP contribution is 2.36. The first-order valence-corrected chi connectivity index (χ1v) is 9.47. The van der Waals surface area contributed by atoms with E-state index in [9.17, 15) is 0 Å². The molecule has 3 rings (SSSR count). The van der Waals surface area contributed by atoms with Gasteiger partial charge in [0.1, 0.15) is 5.82 Å². The van der Waals surface area contributed by atoms with E-state index < -0.39 is 0 Å². The third kappa shape index (κ3) is 4.22. The molecule has 2 aliphatic heterocycles. The number of anilines is 1. The summed E-state index contributed by atoms with van der Waals surface area (Å²) in [5.74, 6) is 0.987. The highest BCUT2D eigenvalue weighted by molar-refractivity contribution is 6.62. The standard InChI is InChI=1S/C19H32BN3O3/c1-17(2,3)26-23-12-10-22(11-13-23)16-9-8-15(14-21-16)20-24-18(4,5)19(6,7)25-20/h8-9,14H,10-13H2,1-7H3. The summed E-state index contributed by atoms with van der Waals surface area (Å²) < 4.78 is 12.2. The molecule has 2 aliphatic rings. The minimum absolute atomic E-state index is 0.148. The first-order chi connectivity index (χ1) is 12.0. The number of aromatic nitrogens is 1. The third-order valence-corrected chi connectivity index (χ3v) is 5.26. The molecule has 0 spiro atoms. The van der Waals surface area contributed by atoms with Gasteiger partial charge in [-0.1, -0.05) is 6.07 Å².